The van der Waals surface area contributed by atoms with E-state index < -0.39 is 0 Å². The molecular weight excluding hydrogens is 400 g/mol. The molecule has 0 aliphatic carbocycles. The number of carbonyl (C=O) groups is 1. The van der Waals surface area contributed by atoms with Crippen molar-refractivity contribution in [2.24, 2.45) is 0 Å². The van der Waals surface area contributed by atoms with E-state index >= 15 is 0 Å². The number of likely N-dealkylation sites (tertiary alicyclic amines) is 1. The number of nitrogens with zero attached hydrogens (tertiary/aromatic N) is 3. The highest BCUT2D eigenvalue weighted by molar-refractivity contribution is 7.99. The number of para-hydroxylation sites is 2. The van der Waals surface area contributed by atoms with E-state index in [4.69, 9.17) is 10.2 Å². The van der Waals surface area contributed by atoms with E-state index in [1.165, 1.54) is 21.5 Å². The van der Waals surface area contributed by atoms with E-state index in [1.54, 1.807) is 11.3 Å². The van der Waals surface area contributed by atoms with Crippen molar-refractivity contribution >= 4 is 44.9 Å². The van der Waals surface area contributed by atoms with Crippen LogP contribution in [0.4, 0.5) is 5.69 Å². The van der Waals surface area contributed by atoms with E-state index in [9.17, 15) is 4.79 Å². The lowest BCUT2D eigenvalue weighted by molar-refractivity contribution is -0.117. The number of benzene rings is 2. The molecule has 1 aliphatic heterocycles. The van der Waals surface area contributed by atoms with Crippen molar-refractivity contribution in [2.45, 2.75) is 23.7 Å². The molecule has 7 heteroatoms. The number of thiazole rings is 1. The molecule has 29 heavy (non-hydrogen) atoms. The maximum Gasteiger partial charge on any atom is 0.238 e. The standard InChI is InChI=1S/C22H22N4OS2/c23-11-14-28-19-7-3-1-5-17(19)24-21(27)15-26-12-9-16(10-13-26)22-25-18-6-2-4-8-20(18)29-22/h1-8,16H,9-10,12-15H2,(H,24,27). The summed E-state index contributed by atoms with van der Waals surface area (Å²) in [7, 11) is 0. The van der Waals surface area contributed by atoms with Gasteiger partial charge in [-0.25, -0.2) is 4.98 Å². The largest absolute Gasteiger partial charge is 0.324 e. The Kier molecular flexibility index (Phi) is 6.45. The maximum absolute atomic E-state index is 12.5. The molecule has 0 spiro atoms. The molecule has 5 nitrogen and oxygen atoms in total. The van der Waals surface area contributed by atoms with E-state index in [0.29, 0.717) is 18.2 Å². The van der Waals surface area contributed by atoms with Gasteiger partial charge in [-0.15, -0.1) is 23.1 Å². The van der Waals surface area contributed by atoms with Crippen LogP contribution in [0.25, 0.3) is 10.2 Å². The molecule has 1 fully saturated rings. The smallest absolute Gasteiger partial charge is 0.238 e. The topological polar surface area (TPSA) is 69.0 Å². The lowest BCUT2D eigenvalue weighted by atomic mass is 9.97. The van der Waals surface area contributed by atoms with Gasteiger partial charge in [-0.05, 0) is 50.2 Å². The number of rotatable bonds is 6. The molecule has 2 heterocycles. The molecule has 1 amide bonds. The molecule has 4 rings (SSSR count). The van der Waals surface area contributed by atoms with Crippen LogP contribution in [0, 0.1) is 11.3 Å². The van der Waals surface area contributed by atoms with E-state index in [1.807, 2.05) is 30.3 Å². The summed E-state index contributed by atoms with van der Waals surface area (Å²) < 4.78 is 1.25. The van der Waals surface area contributed by atoms with Crippen LogP contribution in [0.15, 0.2) is 53.4 Å². The third-order valence-corrected chi connectivity index (χ3v) is 7.21. The Hall–Kier alpha value is -2.40. The highest BCUT2D eigenvalue weighted by Crippen LogP contribution is 2.33. The molecular formula is C22H22N4OS2. The van der Waals surface area contributed by atoms with Crippen molar-refractivity contribution < 1.29 is 4.79 Å². The predicted octanol–water partition coefficient (Wildman–Crippen LogP) is 4.73. The van der Waals surface area contributed by atoms with Crippen molar-refractivity contribution in [1.82, 2.24) is 9.88 Å². The maximum atomic E-state index is 12.5. The zero-order valence-corrected chi connectivity index (χ0v) is 17.6. The van der Waals surface area contributed by atoms with Gasteiger partial charge in [0.15, 0.2) is 0 Å². The van der Waals surface area contributed by atoms with Crippen LogP contribution in [0.3, 0.4) is 0 Å². The van der Waals surface area contributed by atoms with Crippen molar-refractivity contribution in [2.75, 3.05) is 30.7 Å². The van der Waals surface area contributed by atoms with Gasteiger partial charge in [0.1, 0.15) is 0 Å². The third kappa shape index (κ3) is 4.96. The van der Waals surface area contributed by atoms with Gasteiger partial charge in [0.2, 0.25) is 5.91 Å². The molecule has 148 valence electrons. The summed E-state index contributed by atoms with van der Waals surface area (Å²) in [5.41, 5.74) is 1.87. The van der Waals surface area contributed by atoms with Crippen LogP contribution in [0.5, 0.6) is 0 Å². The second-order valence-corrected chi connectivity index (χ2v) is 9.14. The zero-order valence-electron chi connectivity index (χ0n) is 16.0. The molecule has 0 bridgehead atoms. The van der Waals surface area contributed by atoms with Crippen molar-refractivity contribution in [3.63, 3.8) is 0 Å². The van der Waals surface area contributed by atoms with Gasteiger partial charge in [0, 0.05) is 10.8 Å². The number of amides is 1. The first kappa shape index (κ1) is 19.9. The fourth-order valence-electron chi connectivity index (χ4n) is 3.60. The Morgan fingerprint density at radius 1 is 1.21 bits per heavy atom. The van der Waals surface area contributed by atoms with Gasteiger partial charge in [0.05, 0.1) is 39.3 Å². The minimum absolute atomic E-state index is 0.00607. The Morgan fingerprint density at radius 2 is 1.97 bits per heavy atom. The van der Waals surface area contributed by atoms with Crippen LogP contribution in [-0.4, -0.2) is 41.2 Å². The molecule has 0 atom stereocenters. The zero-order chi connectivity index (χ0) is 20.1. The number of fused-ring (bicyclic) bond motifs is 1. The minimum Gasteiger partial charge on any atom is -0.324 e. The molecule has 1 aliphatic rings. The van der Waals surface area contributed by atoms with Gasteiger partial charge < -0.3 is 5.32 Å². The number of aromatic nitrogens is 1. The average Bonchev–Trinajstić information content (AvgIpc) is 3.18. The number of hydrogen-bond acceptors (Lipinski definition) is 6. The molecule has 0 unspecified atom stereocenters. The summed E-state index contributed by atoms with van der Waals surface area (Å²) in [6, 6.07) is 18.0. The molecule has 1 aromatic heterocycles. The first-order valence-corrected chi connectivity index (χ1v) is 11.5. The molecule has 1 N–H and O–H groups in total. The Bertz CT molecular complexity index is 1000. The van der Waals surface area contributed by atoms with Crippen molar-refractivity contribution in [3.05, 3.63) is 53.5 Å². The predicted molar refractivity (Wildman–Crippen MR) is 119 cm³/mol. The molecule has 0 saturated carbocycles. The van der Waals surface area contributed by atoms with Crippen molar-refractivity contribution in [1.29, 1.82) is 5.26 Å². The van der Waals surface area contributed by atoms with Crippen LogP contribution < -0.4 is 5.32 Å². The van der Waals surface area contributed by atoms with Gasteiger partial charge in [0.25, 0.3) is 0 Å². The number of anilines is 1. The molecule has 1 saturated heterocycles. The van der Waals surface area contributed by atoms with Crippen LogP contribution in [-0.2, 0) is 4.79 Å². The minimum atomic E-state index is -0.00607. The highest BCUT2D eigenvalue weighted by Gasteiger charge is 2.24. The SMILES string of the molecule is N#CCSc1ccccc1NC(=O)CN1CCC(c2nc3ccccc3s2)CC1. The first-order chi connectivity index (χ1) is 14.2. The summed E-state index contributed by atoms with van der Waals surface area (Å²) in [5.74, 6) is 0.842. The normalized spacial score (nSPS) is 15.3. The lowest BCUT2D eigenvalue weighted by Gasteiger charge is -2.30. The van der Waals surface area contributed by atoms with E-state index in [-0.39, 0.29) is 5.91 Å². The number of nitrogens with one attached hydrogen (secondary N) is 1. The quantitative estimate of drug-likeness (QED) is 0.582. The van der Waals surface area contributed by atoms with Gasteiger partial charge >= 0.3 is 0 Å². The first-order valence-electron chi connectivity index (χ1n) is 9.69. The highest BCUT2D eigenvalue weighted by atomic mass is 32.2. The number of thioether (sulfide) groups is 1. The van der Waals surface area contributed by atoms with Crippen molar-refractivity contribution in [3.8, 4) is 6.07 Å². The van der Waals surface area contributed by atoms with Crippen LogP contribution in [0.1, 0.15) is 23.8 Å². The fourth-order valence-corrected chi connectivity index (χ4v) is 5.41. The average molecular weight is 423 g/mol. The Balaban J connectivity index is 1.30. The molecule has 0 radical (unpaired) electrons. The number of hydrogen-bond donors (Lipinski definition) is 1. The number of piperidine rings is 1. The molecule has 3 aromatic rings. The monoisotopic (exact) mass is 422 g/mol. The number of carbonyl (C=O) groups excluding carboxylic acids is 1. The van der Waals surface area contributed by atoms with Gasteiger partial charge in [-0.1, -0.05) is 24.3 Å². The second kappa shape index (κ2) is 9.40. The van der Waals surface area contributed by atoms with Crippen LogP contribution in [0.2, 0.25) is 0 Å². The van der Waals surface area contributed by atoms with Crippen LogP contribution >= 0.6 is 23.1 Å². The lowest BCUT2D eigenvalue weighted by Crippen LogP contribution is -2.38. The van der Waals surface area contributed by atoms with E-state index in [0.717, 1.165) is 42.0 Å². The third-order valence-electron chi connectivity index (χ3n) is 5.07. The summed E-state index contributed by atoms with van der Waals surface area (Å²) in [6.07, 6.45) is 2.06. The number of nitriles is 1. The Labute approximate surface area is 178 Å². The summed E-state index contributed by atoms with van der Waals surface area (Å²) in [5, 5.41) is 13.0. The second-order valence-electron chi connectivity index (χ2n) is 7.06. The van der Waals surface area contributed by atoms with E-state index in [2.05, 4.69) is 34.5 Å². The van der Waals surface area contributed by atoms with Gasteiger partial charge in [-0.3, -0.25) is 9.69 Å². The summed E-state index contributed by atoms with van der Waals surface area (Å²) >= 11 is 3.23. The summed E-state index contributed by atoms with van der Waals surface area (Å²) in [4.78, 5) is 20.5. The molecule has 2 aromatic carbocycles. The fraction of sp³-hybridized carbons (Fsp3) is 0.318. The Morgan fingerprint density at radius 3 is 2.76 bits per heavy atom. The summed E-state index contributed by atoms with van der Waals surface area (Å²) in [6.45, 7) is 2.20. The van der Waals surface area contributed by atoms with Gasteiger partial charge in [-0.2, -0.15) is 5.26 Å².